The van der Waals surface area contributed by atoms with Crippen LogP contribution in [0.25, 0.3) is 0 Å². The molecule has 0 radical (unpaired) electrons. The predicted octanol–water partition coefficient (Wildman–Crippen LogP) is 0.743. The Morgan fingerprint density at radius 1 is 1.31 bits per heavy atom. The molecule has 0 amide bonds. The first-order chi connectivity index (χ1) is 12.3. The molecule has 0 saturated carbocycles. The Kier molecular flexibility index (Phi) is 6.31. The Hall–Kier alpha value is -2.92. The molecule has 2 heterocycles. The van der Waals surface area contributed by atoms with Gasteiger partial charge in [0.15, 0.2) is 5.96 Å². The summed E-state index contributed by atoms with van der Waals surface area (Å²) >= 11 is 0. The summed E-state index contributed by atoms with van der Waals surface area (Å²) in [6.07, 6.45) is -1.96. The van der Waals surface area contributed by atoms with Gasteiger partial charge in [-0.25, -0.2) is 15.0 Å². The molecule has 2 N–H and O–H groups in total. The van der Waals surface area contributed by atoms with Crippen LogP contribution >= 0.6 is 0 Å². The number of rotatable bonds is 6. The average Bonchev–Trinajstić information content (AvgIpc) is 2.99. The summed E-state index contributed by atoms with van der Waals surface area (Å²) in [6, 6.07) is 0.826. The fourth-order valence-electron chi connectivity index (χ4n) is 2.09. The molecule has 0 aliphatic rings. The molecule has 2 aromatic rings. The number of guanidine groups is 1. The number of aryl methyl sites for hydroxylation is 1. The first-order valence-corrected chi connectivity index (χ1v) is 7.70. The van der Waals surface area contributed by atoms with Crippen molar-refractivity contribution in [3.63, 3.8) is 0 Å². The van der Waals surface area contributed by atoms with Crippen molar-refractivity contribution in [3.8, 4) is 0 Å². The van der Waals surface area contributed by atoms with E-state index in [9.17, 15) is 13.2 Å². The fraction of sp³-hybridized carbons (Fsp3) is 0.500. The Morgan fingerprint density at radius 3 is 2.69 bits per heavy atom. The second-order valence-electron chi connectivity index (χ2n) is 5.32. The van der Waals surface area contributed by atoms with Crippen LogP contribution in [0.4, 0.5) is 19.1 Å². The highest BCUT2D eigenvalue weighted by atomic mass is 19.4. The van der Waals surface area contributed by atoms with Crippen LogP contribution in [0.1, 0.15) is 11.5 Å². The number of hydrogen-bond acceptors (Lipinski definition) is 6. The Morgan fingerprint density at radius 2 is 2.08 bits per heavy atom. The molecule has 26 heavy (non-hydrogen) atoms. The van der Waals surface area contributed by atoms with Gasteiger partial charge in [-0.2, -0.15) is 18.3 Å². The maximum Gasteiger partial charge on any atom is 0.433 e. The van der Waals surface area contributed by atoms with Gasteiger partial charge in [0.05, 0.1) is 6.54 Å². The molecule has 142 valence electrons. The lowest BCUT2D eigenvalue weighted by Crippen LogP contribution is -2.41. The number of hydrogen-bond donors (Lipinski definition) is 2. The Balaban J connectivity index is 1.82. The number of nitrogens with one attached hydrogen (secondary N) is 2. The van der Waals surface area contributed by atoms with Crippen LogP contribution < -0.4 is 10.6 Å². The van der Waals surface area contributed by atoms with Crippen molar-refractivity contribution in [3.05, 3.63) is 30.1 Å². The second-order valence-corrected chi connectivity index (χ2v) is 5.32. The minimum absolute atomic E-state index is 0.0796. The quantitative estimate of drug-likeness (QED) is 0.439. The first-order valence-electron chi connectivity index (χ1n) is 7.70. The molecule has 0 unspecified atom stereocenters. The zero-order valence-electron chi connectivity index (χ0n) is 14.6. The zero-order chi connectivity index (χ0) is 19.2. The number of aromatic nitrogens is 5. The van der Waals surface area contributed by atoms with Crippen LogP contribution in [0.5, 0.6) is 0 Å². The van der Waals surface area contributed by atoms with Gasteiger partial charge in [0.2, 0.25) is 5.95 Å². The van der Waals surface area contributed by atoms with Crippen molar-refractivity contribution in [1.29, 1.82) is 0 Å². The highest BCUT2D eigenvalue weighted by Crippen LogP contribution is 2.27. The van der Waals surface area contributed by atoms with Crippen LogP contribution in [0.15, 0.2) is 23.6 Å². The molecular weight excluding hydrogens is 351 g/mol. The van der Waals surface area contributed by atoms with Gasteiger partial charge in [0.25, 0.3) is 0 Å². The minimum atomic E-state index is -4.50. The van der Waals surface area contributed by atoms with Crippen molar-refractivity contribution >= 4 is 11.9 Å². The third-order valence-electron chi connectivity index (χ3n) is 3.39. The van der Waals surface area contributed by atoms with Crippen LogP contribution in [0.2, 0.25) is 0 Å². The summed E-state index contributed by atoms with van der Waals surface area (Å²) < 4.78 is 39.5. The molecule has 0 atom stereocenters. The van der Waals surface area contributed by atoms with Gasteiger partial charge < -0.3 is 15.5 Å². The largest absolute Gasteiger partial charge is 0.433 e. The number of alkyl halides is 3. The standard InChI is InChI=1S/C14H20F3N9/c1-18-13(25(2)8-11-22-9-23-26(11)3)21-7-6-20-12-19-5-4-10(24-12)14(15,16)17/h4-5,9H,6-8H2,1-3H3,(H,18,21)(H,19,20,24). The van der Waals surface area contributed by atoms with E-state index in [1.165, 1.54) is 6.33 Å². The van der Waals surface area contributed by atoms with E-state index in [-0.39, 0.29) is 5.95 Å². The van der Waals surface area contributed by atoms with Crippen LogP contribution in [-0.2, 0) is 19.8 Å². The van der Waals surface area contributed by atoms with Crippen molar-refractivity contribution in [1.82, 2.24) is 34.9 Å². The molecule has 0 aromatic carbocycles. The Labute approximate surface area is 148 Å². The van der Waals surface area contributed by atoms with E-state index in [1.807, 2.05) is 11.9 Å². The van der Waals surface area contributed by atoms with Gasteiger partial charge >= 0.3 is 6.18 Å². The maximum absolute atomic E-state index is 12.6. The molecule has 0 saturated heterocycles. The summed E-state index contributed by atoms with van der Waals surface area (Å²) in [5.74, 6) is 1.30. The van der Waals surface area contributed by atoms with E-state index in [0.717, 1.165) is 18.1 Å². The number of nitrogens with zero attached hydrogens (tertiary/aromatic N) is 7. The lowest BCUT2D eigenvalue weighted by molar-refractivity contribution is -0.141. The van der Waals surface area contributed by atoms with E-state index in [2.05, 4.69) is 35.7 Å². The molecule has 0 aliphatic carbocycles. The average molecular weight is 371 g/mol. The van der Waals surface area contributed by atoms with E-state index in [1.54, 1.807) is 18.8 Å². The smallest absolute Gasteiger partial charge is 0.354 e. The van der Waals surface area contributed by atoms with Crippen molar-refractivity contribution in [2.24, 2.45) is 12.0 Å². The van der Waals surface area contributed by atoms with E-state index in [0.29, 0.717) is 25.6 Å². The number of anilines is 1. The maximum atomic E-state index is 12.6. The molecule has 0 spiro atoms. The molecule has 2 aromatic heterocycles. The van der Waals surface area contributed by atoms with Gasteiger partial charge in [-0.3, -0.25) is 9.67 Å². The van der Waals surface area contributed by atoms with Crippen molar-refractivity contribution < 1.29 is 13.2 Å². The molecule has 0 aliphatic heterocycles. The van der Waals surface area contributed by atoms with Gasteiger partial charge in [0, 0.05) is 40.4 Å². The summed E-state index contributed by atoms with van der Waals surface area (Å²) in [7, 11) is 5.28. The third-order valence-corrected chi connectivity index (χ3v) is 3.39. The highest BCUT2D eigenvalue weighted by molar-refractivity contribution is 5.79. The van der Waals surface area contributed by atoms with Crippen molar-refractivity contribution in [2.75, 3.05) is 32.5 Å². The SMILES string of the molecule is CN=C(NCCNc1nccc(C(F)(F)F)n1)N(C)Cc1ncnn1C. The topological polar surface area (TPSA) is 96.2 Å². The molecule has 0 fully saturated rings. The van der Waals surface area contributed by atoms with Crippen LogP contribution in [-0.4, -0.2) is 62.8 Å². The minimum Gasteiger partial charge on any atom is -0.354 e. The van der Waals surface area contributed by atoms with E-state index < -0.39 is 11.9 Å². The molecule has 2 rings (SSSR count). The van der Waals surface area contributed by atoms with E-state index >= 15 is 0 Å². The van der Waals surface area contributed by atoms with Gasteiger partial charge in [-0.15, -0.1) is 0 Å². The zero-order valence-corrected chi connectivity index (χ0v) is 14.6. The molecule has 9 nitrogen and oxygen atoms in total. The molecule has 0 bridgehead atoms. The summed E-state index contributed by atoms with van der Waals surface area (Å²) in [6.45, 7) is 1.23. The monoisotopic (exact) mass is 371 g/mol. The van der Waals surface area contributed by atoms with Crippen LogP contribution in [0, 0.1) is 0 Å². The van der Waals surface area contributed by atoms with Gasteiger partial charge in [0.1, 0.15) is 17.8 Å². The van der Waals surface area contributed by atoms with Crippen molar-refractivity contribution in [2.45, 2.75) is 12.7 Å². The summed E-state index contributed by atoms with van der Waals surface area (Å²) in [5.41, 5.74) is -0.984. The number of halogens is 3. The fourth-order valence-corrected chi connectivity index (χ4v) is 2.09. The number of aliphatic imine (C=N–C) groups is 1. The van der Waals surface area contributed by atoms with Gasteiger partial charge in [-0.05, 0) is 6.07 Å². The second kappa shape index (κ2) is 8.45. The summed E-state index contributed by atoms with van der Waals surface area (Å²) in [5, 5.41) is 9.84. The molecule has 12 heteroatoms. The van der Waals surface area contributed by atoms with Gasteiger partial charge in [-0.1, -0.05) is 0 Å². The predicted molar refractivity (Wildman–Crippen MR) is 89.4 cm³/mol. The lowest BCUT2D eigenvalue weighted by Gasteiger charge is -2.21. The highest BCUT2D eigenvalue weighted by Gasteiger charge is 2.32. The van der Waals surface area contributed by atoms with Crippen LogP contribution in [0.3, 0.4) is 0 Å². The first kappa shape index (κ1) is 19.4. The lowest BCUT2D eigenvalue weighted by atomic mass is 10.4. The normalized spacial score (nSPS) is 12.2. The Bertz CT molecular complexity index is 741. The van der Waals surface area contributed by atoms with E-state index in [4.69, 9.17) is 0 Å². The third kappa shape index (κ3) is 5.29. The summed E-state index contributed by atoms with van der Waals surface area (Å²) in [4.78, 5) is 17.4. The molecular formula is C14H20F3N9.